The van der Waals surface area contributed by atoms with Gasteiger partial charge in [0.15, 0.2) is 0 Å². The van der Waals surface area contributed by atoms with Crippen molar-refractivity contribution in [2.75, 3.05) is 13.2 Å². The quantitative estimate of drug-likeness (QED) is 0.441. The molecule has 0 saturated heterocycles. The van der Waals surface area contributed by atoms with Crippen LogP contribution < -0.4 is 0 Å². The molecule has 0 fully saturated rings. The van der Waals surface area contributed by atoms with Crippen LogP contribution in [0.4, 0.5) is 0 Å². The van der Waals surface area contributed by atoms with Crippen LogP contribution in [0.1, 0.15) is 65.2 Å². The minimum atomic E-state index is -0.543. The first-order valence-corrected chi connectivity index (χ1v) is 7.03. The normalized spacial score (nSPS) is 11.1. The van der Waals surface area contributed by atoms with E-state index in [1.54, 1.807) is 0 Å². The smallest absolute Gasteiger partial charge is 0.126 e. The fourth-order valence-corrected chi connectivity index (χ4v) is 1.77. The molecule has 3 heteroatoms. The summed E-state index contributed by atoms with van der Waals surface area (Å²) >= 11 is 0. The van der Waals surface area contributed by atoms with Gasteiger partial charge in [0.2, 0.25) is 0 Å². The molecule has 0 aliphatic rings. The molecule has 0 aliphatic carbocycles. The Morgan fingerprint density at radius 2 is 1.39 bits per heavy atom. The summed E-state index contributed by atoms with van der Waals surface area (Å²) in [4.78, 5) is 0. The van der Waals surface area contributed by atoms with E-state index >= 15 is 0 Å². The second-order valence-corrected chi connectivity index (χ2v) is 5.15. The maximum Gasteiger partial charge on any atom is 0.126 e. The standard InChI is InChI=1S/C15H28O3/c1-15(2,11-13-17)18-14-10-8-6-4-3-5-7-9-12-16/h16-17H,3-10,12,14H2,1-2H3. The SMILES string of the molecule is CC(C)(C#CO)OCCCCCCCCCCO. The second-order valence-electron chi connectivity index (χ2n) is 5.15. The summed E-state index contributed by atoms with van der Waals surface area (Å²) in [7, 11) is 0. The molecule has 0 aliphatic heterocycles. The lowest BCUT2D eigenvalue weighted by Gasteiger charge is -2.17. The fraction of sp³-hybridized carbons (Fsp3) is 0.867. The Kier molecular flexibility index (Phi) is 10.9. The summed E-state index contributed by atoms with van der Waals surface area (Å²) in [6.07, 6.45) is 11.2. The Morgan fingerprint density at radius 3 is 1.89 bits per heavy atom. The molecule has 0 radical (unpaired) electrons. The van der Waals surface area contributed by atoms with Gasteiger partial charge in [-0.3, -0.25) is 0 Å². The Morgan fingerprint density at radius 1 is 0.889 bits per heavy atom. The van der Waals surface area contributed by atoms with E-state index in [0.717, 1.165) is 19.3 Å². The van der Waals surface area contributed by atoms with Crippen molar-refractivity contribution in [3.8, 4) is 12.0 Å². The van der Waals surface area contributed by atoms with Gasteiger partial charge in [0.05, 0.1) is 0 Å². The first-order chi connectivity index (χ1) is 8.62. The number of hydrogen-bond donors (Lipinski definition) is 2. The summed E-state index contributed by atoms with van der Waals surface area (Å²) < 4.78 is 5.57. The number of hydrogen-bond acceptors (Lipinski definition) is 3. The largest absolute Gasteiger partial charge is 0.462 e. The fourth-order valence-electron chi connectivity index (χ4n) is 1.77. The summed E-state index contributed by atoms with van der Waals surface area (Å²) in [5.41, 5.74) is -0.543. The molecule has 2 N–H and O–H groups in total. The molecule has 0 spiro atoms. The maximum absolute atomic E-state index is 8.63. The van der Waals surface area contributed by atoms with E-state index in [9.17, 15) is 0 Å². The van der Waals surface area contributed by atoms with Gasteiger partial charge in [-0.15, -0.1) is 0 Å². The highest BCUT2D eigenvalue weighted by Gasteiger charge is 2.13. The number of rotatable bonds is 11. The van der Waals surface area contributed by atoms with Crippen LogP contribution in [0, 0.1) is 12.0 Å². The van der Waals surface area contributed by atoms with Crippen molar-refractivity contribution in [3.05, 3.63) is 0 Å². The van der Waals surface area contributed by atoms with Gasteiger partial charge in [-0.25, -0.2) is 0 Å². The lowest BCUT2D eigenvalue weighted by Crippen LogP contribution is -2.22. The van der Waals surface area contributed by atoms with Crippen LogP contribution in [-0.2, 0) is 4.74 Å². The molecule has 3 nitrogen and oxygen atoms in total. The van der Waals surface area contributed by atoms with Gasteiger partial charge < -0.3 is 14.9 Å². The van der Waals surface area contributed by atoms with Crippen LogP contribution in [-0.4, -0.2) is 29.0 Å². The van der Waals surface area contributed by atoms with Gasteiger partial charge >= 0.3 is 0 Å². The van der Waals surface area contributed by atoms with Crippen molar-refractivity contribution in [1.29, 1.82) is 0 Å². The van der Waals surface area contributed by atoms with E-state index in [1.807, 2.05) is 20.0 Å². The maximum atomic E-state index is 8.63. The zero-order valence-corrected chi connectivity index (χ0v) is 11.9. The van der Waals surface area contributed by atoms with Crippen molar-refractivity contribution in [1.82, 2.24) is 0 Å². The minimum Gasteiger partial charge on any atom is -0.462 e. The van der Waals surface area contributed by atoms with Crippen molar-refractivity contribution >= 4 is 0 Å². The molecule has 0 unspecified atom stereocenters. The van der Waals surface area contributed by atoms with E-state index in [-0.39, 0.29) is 0 Å². The Balaban J connectivity index is 3.23. The third kappa shape index (κ3) is 11.8. The van der Waals surface area contributed by atoms with E-state index < -0.39 is 5.60 Å². The van der Waals surface area contributed by atoms with Crippen molar-refractivity contribution < 1.29 is 14.9 Å². The lowest BCUT2D eigenvalue weighted by molar-refractivity contribution is 0.0242. The van der Waals surface area contributed by atoms with Gasteiger partial charge in [-0.2, -0.15) is 0 Å². The van der Waals surface area contributed by atoms with Gasteiger partial charge in [-0.05, 0) is 32.6 Å². The summed E-state index contributed by atoms with van der Waals surface area (Å²) in [5.74, 6) is 2.62. The van der Waals surface area contributed by atoms with Crippen LogP contribution in [0.2, 0.25) is 0 Å². The van der Waals surface area contributed by atoms with Crippen LogP contribution in [0.3, 0.4) is 0 Å². The predicted octanol–water partition coefficient (Wildman–Crippen LogP) is 3.23. The molecule has 18 heavy (non-hydrogen) atoms. The number of aliphatic hydroxyl groups excluding tert-OH is 2. The zero-order chi connectivity index (χ0) is 13.7. The Bertz CT molecular complexity index is 238. The van der Waals surface area contributed by atoms with Crippen molar-refractivity contribution in [2.24, 2.45) is 0 Å². The molecule has 0 bridgehead atoms. The topological polar surface area (TPSA) is 49.7 Å². The number of aliphatic hydroxyl groups is 2. The van der Waals surface area contributed by atoms with Crippen molar-refractivity contribution in [3.63, 3.8) is 0 Å². The molecule has 0 aromatic carbocycles. The van der Waals surface area contributed by atoms with E-state index in [4.69, 9.17) is 14.9 Å². The molecule has 0 aromatic rings. The van der Waals surface area contributed by atoms with E-state index in [0.29, 0.717) is 13.2 Å². The average molecular weight is 256 g/mol. The molecule has 0 amide bonds. The van der Waals surface area contributed by atoms with E-state index in [2.05, 4.69) is 5.92 Å². The number of unbranched alkanes of at least 4 members (excludes halogenated alkanes) is 7. The molecule has 0 saturated carbocycles. The van der Waals surface area contributed by atoms with E-state index in [1.165, 1.54) is 32.1 Å². The Labute approximate surface area is 112 Å². The monoisotopic (exact) mass is 256 g/mol. The second kappa shape index (κ2) is 11.4. The van der Waals surface area contributed by atoms with Gasteiger partial charge in [0, 0.05) is 13.2 Å². The highest BCUT2D eigenvalue weighted by Crippen LogP contribution is 2.11. The van der Waals surface area contributed by atoms with Gasteiger partial charge in [-0.1, -0.05) is 38.5 Å². The zero-order valence-electron chi connectivity index (χ0n) is 11.9. The summed E-state index contributed by atoms with van der Waals surface area (Å²) in [6, 6.07) is 0. The summed E-state index contributed by atoms with van der Waals surface area (Å²) in [5, 5.41) is 17.1. The molecule has 0 heterocycles. The first-order valence-electron chi connectivity index (χ1n) is 7.03. The summed E-state index contributed by atoms with van der Waals surface area (Å²) in [6.45, 7) is 4.74. The van der Waals surface area contributed by atoms with Gasteiger partial charge in [0.25, 0.3) is 0 Å². The molecular weight excluding hydrogens is 228 g/mol. The lowest BCUT2D eigenvalue weighted by atomic mass is 10.1. The minimum absolute atomic E-state index is 0.323. The molecule has 0 rings (SSSR count). The van der Waals surface area contributed by atoms with Gasteiger partial charge in [0.1, 0.15) is 11.7 Å². The average Bonchev–Trinajstić information content (AvgIpc) is 2.31. The third-order valence-electron chi connectivity index (χ3n) is 2.87. The highest BCUT2D eigenvalue weighted by atomic mass is 16.5. The molecule has 0 atom stereocenters. The number of ether oxygens (including phenoxy) is 1. The van der Waals surface area contributed by atoms with Crippen LogP contribution in [0.15, 0.2) is 0 Å². The molecule has 0 aromatic heterocycles. The predicted molar refractivity (Wildman–Crippen MR) is 73.8 cm³/mol. The third-order valence-corrected chi connectivity index (χ3v) is 2.87. The Hall–Kier alpha value is -0.720. The molecular formula is C15H28O3. The highest BCUT2D eigenvalue weighted by molar-refractivity contribution is 5.05. The van der Waals surface area contributed by atoms with Crippen LogP contribution in [0.5, 0.6) is 0 Å². The molecule has 106 valence electrons. The van der Waals surface area contributed by atoms with Crippen LogP contribution >= 0.6 is 0 Å². The first kappa shape index (κ1) is 17.3. The van der Waals surface area contributed by atoms with Crippen LogP contribution in [0.25, 0.3) is 0 Å². The van der Waals surface area contributed by atoms with Crippen molar-refractivity contribution in [2.45, 2.75) is 70.8 Å².